The van der Waals surface area contributed by atoms with Crippen molar-refractivity contribution in [3.63, 3.8) is 0 Å². The number of nitrogens with one attached hydrogen (secondary N) is 1. The Morgan fingerprint density at radius 2 is 1.69 bits per heavy atom. The number of hydrogen-bond donors (Lipinski definition) is 1. The molecular formula is C27H25ClF3N3O4S. The molecule has 3 aliphatic rings. The normalized spacial score (nSPS) is 23.4. The number of nitrogens with zero attached hydrogens (tertiary/aromatic N) is 2. The Bertz CT molecular complexity index is 1460. The topological polar surface area (TPSA) is 107 Å². The van der Waals surface area contributed by atoms with Crippen LogP contribution in [0.5, 0.6) is 0 Å². The number of likely N-dealkylation sites (tertiary alicyclic amines) is 1. The van der Waals surface area contributed by atoms with Crippen LogP contribution in [-0.2, 0) is 31.0 Å². The molecule has 0 unspecified atom stereocenters. The summed E-state index contributed by atoms with van der Waals surface area (Å²) in [5.41, 5.74) is -2.70. The third-order valence-electron chi connectivity index (χ3n) is 8.10. The van der Waals surface area contributed by atoms with Gasteiger partial charge in [0.15, 0.2) is 9.84 Å². The second kappa shape index (κ2) is 9.52. The molecule has 1 aliphatic heterocycles. The Labute approximate surface area is 228 Å². The number of nitriles is 1. The molecule has 12 heteroatoms. The highest BCUT2D eigenvalue weighted by Crippen LogP contribution is 2.47. The van der Waals surface area contributed by atoms with Crippen LogP contribution in [0.1, 0.15) is 49.7 Å². The maximum Gasteiger partial charge on any atom is 0.417 e. The van der Waals surface area contributed by atoms with E-state index < -0.39 is 67.1 Å². The van der Waals surface area contributed by atoms with Gasteiger partial charge in [-0.15, -0.1) is 0 Å². The van der Waals surface area contributed by atoms with Crippen molar-refractivity contribution < 1.29 is 31.2 Å². The third kappa shape index (κ3) is 4.78. The van der Waals surface area contributed by atoms with E-state index in [0.717, 1.165) is 18.6 Å². The second-order valence-corrected chi connectivity index (χ2v) is 13.1. The minimum atomic E-state index is -4.91. The lowest BCUT2D eigenvalue weighted by Crippen LogP contribution is -2.56. The van der Waals surface area contributed by atoms with Gasteiger partial charge in [0.1, 0.15) is 11.6 Å². The molecule has 1 N–H and O–H groups in total. The zero-order valence-electron chi connectivity index (χ0n) is 20.7. The molecule has 7 nitrogen and oxygen atoms in total. The molecule has 5 rings (SSSR count). The van der Waals surface area contributed by atoms with E-state index >= 15 is 0 Å². The first kappa shape index (κ1) is 27.5. The fraction of sp³-hybridized carbons (Fsp3) is 0.444. The van der Waals surface area contributed by atoms with Gasteiger partial charge in [-0.1, -0.05) is 42.3 Å². The van der Waals surface area contributed by atoms with Gasteiger partial charge in [0.05, 0.1) is 27.2 Å². The number of rotatable bonds is 6. The van der Waals surface area contributed by atoms with Crippen molar-refractivity contribution in [1.29, 1.82) is 5.26 Å². The van der Waals surface area contributed by atoms with Crippen molar-refractivity contribution in [3.8, 4) is 6.07 Å². The Kier molecular flexibility index (Phi) is 6.71. The molecule has 0 radical (unpaired) electrons. The van der Waals surface area contributed by atoms with Gasteiger partial charge in [-0.2, -0.15) is 18.4 Å². The van der Waals surface area contributed by atoms with E-state index in [9.17, 15) is 36.4 Å². The Morgan fingerprint density at radius 3 is 2.23 bits per heavy atom. The van der Waals surface area contributed by atoms with Crippen molar-refractivity contribution in [2.45, 2.75) is 71.8 Å². The number of hydrogen-bond acceptors (Lipinski definition) is 5. The van der Waals surface area contributed by atoms with E-state index in [-0.39, 0.29) is 6.42 Å². The number of benzene rings is 2. The lowest BCUT2D eigenvalue weighted by atomic mass is 9.63. The first-order chi connectivity index (χ1) is 18.3. The number of alkyl halides is 3. The summed E-state index contributed by atoms with van der Waals surface area (Å²) in [5, 5.41) is 11.1. The van der Waals surface area contributed by atoms with Crippen LogP contribution in [0, 0.1) is 11.3 Å². The van der Waals surface area contributed by atoms with Crippen LogP contribution in [0.2, 0.25) is 5.02 Å². The maximum absolute atomic E-state index is 14.1. The lowest BCUT2D eigenvalue weighted by Gasteiger charge is -2.44. The summed E-state index contributed by atoms with van der Waals surface area (Å²) in [5.74, 6) is -1.14. The highest BCUT2D eigenvalue weighted by Gasteiger charge is 2.55. The summed E-state index contributed by atoms with van der Waals surface area (Å²) in [4.78, 5) is 27.8. The predicted molar refractivity (Wildman–Crippen MR) is 135 cm³/mol. The molecule has 2 aromatic rings. The minimum Gasteiger partial charge on any atom is -0.336 e. The molecule has 2 aliphatic carbocycles. The van der Waals surface area contributed by atoms with Crippen LogP contribution in [0.25, 0.3) is 0 Å². The van der Waals surface area contributed by atoms with Crippen LogP contribution in [-0.4, -0.2) is 48.5 Å². The summed E-state index contributed by atoms with van der Waals surface area (Å²) >= 11 is 6.03. The molecule has 2 saturated carbocycles. The molecule has 2 amide bonds. The zero-order chi connectivity index (χ0) is 28.2. The van der Waals surface area contributed by atoms with Crippen molar-refractivity contribution in [3.05, 3.63) is 64.7 Å². The molecule has 1 saturated heterocycles. The molecule has 0 aromatic heterocycles. The molecule has 39 heavy (non-hydrogen) atoms. The Morgan fingerprint density at radius 1 is 1.05 bits per heavy atom. The first-order valence-electron chi connectivity index (χ1n) is 12.5. The number of halogens is 4. The average Bonchev–Trinajstić information content (AvgIpc) is 3.48. The van der Waals surface area contributed by atoms with Crippen molar-refractivity contribution >= 4 is 33.3 Å². The SMILES string of the molecule is N#CC1(NC(=O)[C@@H]2C[C@@H](S(=O)(=O)c3ccccc3C(F)(F)F)CN2C(=O)C2(c3ccc(Cl)cc3)CCC2)CC1. The van der Waals surface area contributed by atoms with Gasteiger partial charge in [0.25, 0.3) is 0 Å². The van der Waals surface area contributed by atoms with Crippen LogP contribution < -0.4 is 5.32 Å². The summed E-state index contributed by atoms with van der Waals surface area (Å²) in [6.45, 7) is -0.444. The van der Waals surface area contributed by atoms with Gasteiger partial charge in [-0.25, -0.2) is 8.42 Å². The molecular weight excluding hydrogens is 555 g/mol. The van der Waals surface area contributed by atoms with E-state index in [2.05, 4.69) is 5.32 Å². The Hall–Kier alpha value is -3.10. The summed E-state index contributed by atoms with van der Waals surface area (Å²) in [7, 11) is -4.60. The fourth-order valence-electron chi connectivity index (χ4n) is 5.53. The van der Waals surface area contributed by atoms with Gasteiger partial charge in [0.2, 0.25) is 11.8 Å². The van der Waals surface area contributed by atoms with Crippen LogP contribution in [0.4, 0.5) is 13.2 Å². The van der Waals surface area contributed by atoms with Gasteiger partial charge in [-0.05, 0) is 61.9 Å². The van der Waals surface area contributed by atoms with Crippen LogP contribution in [0.15, 0.2) is 53.4 Å². The van der Waals surface area contributed by atoms with Crippen molar-refractivity contribution in [1.82, 2.24) is 10.2 Å². The summed E-state index contributed by atoms with van der Waals surface area (Å²) in [6.07, 6.45) is -2.79. The average molecular weight is 580 g/mol. The molecule has 1 heterocycles. The molecule has 206 valence electrons. The monoisotopic (exact) mass is 579 g/mol. The van der Waals surface area contributed by atoms with Gasteiger partial charge >= 0.3 is 6.18 Å². The predicted octanol–water partition coefficient (Wildman–Crippen LogP) is 4.40. The Balaban J connectivity index is 1.52. The molecule has 0 spiro atoms. The third-order valence-corrected chi connectivity index (χ3v) is 10.5. The van der Waals surface area contributed by atoms with Crippen molar-refractivity contribution in [2.24, 2.45) is 0 Å². The van der Waals surface area contributed by atoms with E-state index in [1.807, 2.05) is 6.07 Å². The molecule has 0 bridgehead atoms. The smallest absolute Gasteiger partial charge is 0.336 e. The maximum atomic E-state index is 14.1. The van der Waals surface area contributed by atoms with Crippen molar-refractivity contribution in [2.75, 3.05) is 6.54 Å². The number of sulfone groups is 1. The number of amides is 2. The van der Waals surface area contributed by atoms with E-state index in [0.29, 0.717) is 42.3 Å². The first-order valence-corrected chi connectivity index (χ1v) is 14.5. The highest BCUT2D eigenvalue weighted by atomic mass is 35.5. The van der Waals surface area contributed by atoms with E-state index in [1.165, 1.54) is 11.0 Å². The lowest BCUT2D eigenvalue weighted by molar-refractivity contribution is -0.146. The molecule has 2 aromatic carbocycles. The second-order valence-electron chi connectivity index (χ2n) is 10.5. The quantitative estimate of drug-likeness (QED) is 0.546. The minimum absolute atomic E-state index is 0.385. The van der Waals surface area contributed by atoms with Gasteiger partial charge < -0.3 is 10.2 Å². The number of carbonyl (C=O) groups excluding carboxylic acids is 2. The van der Waals surface area contributed by atoms with Gasteiger partial charge in [0, 0.05) is 11.6 Å². The largest absolute Gasteiger partial charge is 0.417 e. The van der Waals surface area contributed by atoms with E-state index in [4.69, 9.17) is 11.6 Å². The molecule has 2 atom stereocenters. The standard InChI is InChI=1S/C27H25ClF3N3O4S/c28-18-8-6-17(7-9-18)26(10-3-11-26)24(36)34-15-19(14-21(34)23(35)33-25(16-32)12-13-25)39(37,38)22-5-2-1-4-20(22)27(29,30)31/h1-2,4-9,19,21H,3,10-15H2,(H,33,35)/t19-,21+/m1/s1. The zero-order valence-corrected chi connectivity index (χ0v) is 22.2. The van der Waals surface area contributed by atoms with Crippen LogP contribution in [0.3, 0.4) is 0 Å². The number of carbonyl (C=O) groups is 2. The van der Waals surface area contributed by atoms with Gasteiger partial charge in [-0.3, -0.25) is 9.59 Å². The van der Waals surface area contributed by atoms with E-state index in [1.54, 1.807) is 24.3 Å². The van der Waals surface area contributed by atoms with Crippen LogP contribution >= 0.6 is 11.6 Å². The molecule has 3 fully saturated rings. The highest BCUT2D eigenvalue weighted by molar-refractivity contribution is 7.92. The summed E-state index contributed by atoms with van der Waals surface area (Å²) < 4.78 is 68.3. The summed E-state index contributed by atoms with van der Waals surface area (Å²) in [6, 6.07) is 11.4. The fourth-order valence-corrected chi connectivity index (χ4v) is 7.57.